The number of carbonyl (C=O) groups is 1. The maximum absolute atomic E-state index is 12.1. The largest absolute Gasteiger partial charge is 0.398 e. The zero-order valence-corrected chi connectivity index (χ0v) is 12.2. The number of hydrogen-bond acceptors (Lipinski definition) is 2. The predicted octanol–water partition coefficient (Wildman–Crippen LogP) is 3.34. The van der Waals surface area contributed by atoms with Crippen molar-refractivity contribution in [3.63, 3.8) is 0 Å². The van der Waals surface area contributed by atoms with Crippen LogP contribution in [0.5, 0.6) is 0 Å². The third-order valence-electron chi connectivity index (χ3n) is 3.69. The highest BCUT2D eigenvalue weighted by molar-refractivity contribution is 9.10. The van der Waals surface area contributed by atoms with Gasteiger partial charge in [-0.15, -0.1) is 0 Å². The van der Waals surface area contributed by atoms with Crippen LogP contribution in [0.1, 0.15) is 43.0 Å². The Hall–Kier alpha value is -1.03. The molecular weight excluding hydrogens is 292 g/mol. The number of nitrogens with two attached hydrogens (primary N) is 1. The maximum atomic E-state index is 12.1. The molecule has 0 bridgehead atoms. The standard InChI is InChI=1S/C14H19BrN2O/c1-9-4-2-3-5-13(9)17-14(18)10-6-7-11(15)12(16)8-10/h6-9,13H,2-5,16H2,1H3,(H,17,18)/t9-,13+/m1/s1. The highest BCUT2D eigenvalue weighted by Crippen LogP contribution is 2.25. The van der Waals surface area contributed by atoms with Crippen LogP contribution in [0.15, 0.2) is 22.7 Å². The molecule has 98 valence electrons. The summed E-state index contributed by atoms with van der Waals surface area (Å²) in [6.07, 6.45) is 4.77. The topological polar surface area (TPSA) is 55.1 Å². The number of nitrogen functional groups attached to an aromatic ring is 1. The Kier molecular flexibility index (Phi) is 4.27. The van der Waals surface area contributed by atoms with Gasteiger partial charge < -0.3 is 11.1 Å². The van der Waals surface area contributed by atoms with E-state index in [0.717, 1.165) is 10.9 Å². The Labute approximate surface area is 116 Å². The van der Waals surface area contributed by atoms with Gasteiger partial charge in [0, 0.05) is 21.8 Å². The SMILES string of the molecule is C[C@@H]1CCCC[C@@H]1NC(=O)c1ccc(Br)c(N)c1. The van der Waals surface area contributed by atoms with Crippen LogP contribution in [0.25, 0.3) is 0 Å². The zero-order chi connectivity index (χ0) is 13.1. The second kappa shape index (κ2) is 5.74. The van der Waals surface area contributed by atoms with Crippen molar-refractivity contribution in [3.05, 3.63) is 28.2 Å². The van der Waals surface area contributed by atoms with Crippen molar-refractivity contribution in [2.24, 2.45) is 5.92 Å². The van der Waals surface area contributed by atoms with Crippen LogP contribution in [-0.4, -0.2) is 11.9 Å². The lowest BCUT2D eigenvalue weighted by Crippen LogP contribution is -2.41. The zero-order valence-electron chi connectivity index (χ0n) is 10.6. The summed E-state index contributed by atoms with van der Waals surface area (Å²) in [7, 11) is 0. The summed E-state index contributed by atoms with van der Waals surface area (Å²) in [5, 5.41) is 3.12. The van der Waals surface area contributed by atoms with Crippen molar-refractivity contribution in [1.82, 2.24) is 5.32 Å². The van der Waals surface area contributed by atoms with Crippen molar-refractivity contribution < 1.29 is 4.79 Å². The number of carbonyl (C=O) groups excluding carboxylic acids is 1. The lowest BCUT2D eigenvalue weighted by Gasteiger charge is -2.29. The van der Waals surface area contributed by atoms with Crippen LogP contribution >= 0.6 is 15.9 Å². The quantitative estimate of drug-likeness (QED) is 0.823. The molecule has 0 spiro atoms. The first-order chi connectivity index (χ1) is 8.58. The molecule has 1 aliphatic rings. The molecule has 2 atom stereocenters. The second-order valence-electron chi connectivity index (χ2n) is 5.08. The van der Waals surface area contributed by atoms with Gasteiger partial charge in [-0.1, -0.05) is 19.8 Å². The van der Waals surface area contributed by atoms with Gasteiger partial charge in [0.2, 0.25) is 0 Å². The van der Waals surface area contributed by atoms with Crippen LogP contribution < -0.4 is 11.1 Å². The van der Waals surface area contributed by atoms with E-state index >= 15 is 0 Å². The molecule has 0 radical (unpaired) electrons. The van der Waals surface area contributed by atoms with Crippen LogP contribution in [0, 0.1) is 5.92 Å². The molecule has 1 fully saturated rings. The van der Waals surface area contributed by atoms with E-state index in [9.17, 15) is 4.79 Å². The average Bonchev–Trinajstić information content (AvgIpc) is 2.35. The molecule has 0 heterocycles. The van der Waals surface area contributed by atoms with Gasteiger partial charge >= 0.3 is 0 Å². The van der Waals surface area contributed by atoms with Crippen LogP contribution in [0.4, 0.5) is 5.69 Å². The summed E-state index contributed by atoms with van der Waals surface area (Å²) < 4.78 is 0.824. The minimum atomic E-state index is -0.0204. The van der Waals surface area contributed by atoms with E-state index in [1.54, 1.807) is 12.1 Å². The highest BCUT2D eigenvalue weighted by atomic mass is 79.9. The molecule has 0 unspecified atom stereocenters. The molecule has 1 saturated carbocycles. The van der Waals surface area contributed by atoms with Crippen molar-refractivity contribution in [1.29, 1.82) is 0 Å². The third kappa shape index (κ3) is 3.05. The Balaban J connectivity index is 2.04. The van der Waals surface area contributed by atoms with E-state index < -0.39 is 0 Å². The van der Waals surface area contributed by atoms with E-state index in [0.29, 0.717) is 23.2 Å². The van der Waals surface area contributed by atoms with Crippen molar-refractivity contribution in [3.8, 4) is 0 Å². The summed E-state index contributed by atoms with van der Waals surface area (Å²) >= 11 is 3.33. The summed E-state index contributed by atoms with van der Waals surface area (Å²) in [5.41, 5.74) is 7.02. The lowest BCUT2D eigenvalue weighted by atomic mass is 9.86. The molecule has 0 saturated heterocycles. The smallest absolute Gasteiger partial charge is 0.251 e. The molecule has 0 aliphatic heterocycles. The summed E-state index contributed by atoms with van der Waals surface area (Å²) in [6.45, 7) is 2.21. The number of halogens is 1. The van der Waals surface area contributed by atoms with Crippen LogP contribution in [-0.2, 0) is 0 Å². The van der Waals surface area contributed by atoms with Gasteiger partial charge in [-0.25, -0.2) is 0 Å². The normalized spacial score (nSPS) is 23.7. The predicted molar refractivity (Wildman–Crippen MR) is 77.4 cm³/mol. The van der Waals surface area contributed by atoms with E-state index in [2.05, 4.69) is 28.2 Å². The molecule has 2 rings (SSSR count). The number of benzene rings is 1. The first kappa shape index (κ1) is 13.4. The number of rotatable bonds is 2. The summed E-state index contributed by atoms with van der Waals surface area (Å²) in [4.78, 5) is 12.1. The monoisotopic (exact) mass is 310 g/mol. The highest BCUT2D eigenvalue weighted by Gasteiger charge is 2.23. The van der Waals surface area contributed by atoms with E-state index in [-0.39, 0.29) is 5.91 Å². The molecule has 4 heteroatoms. The number of amides is 1. The van der Waals surface area contributed by atoms with Gasteiger partial charge in [0.1, 0.15) is 0 Å². The fraction of sp³-hybridized carbons (Fsp3) is 0.500. The summed E-state index contributed by atoms with van der Waals surface area (Å²) in [6, 6.07) is 5.63. The molecule has 1 aliphatic carbocycles. The molecule has 3 N–H and O–H groups in total. The van der Waals surface area contributed by atoms with Crippen molar-refractivity contribution in [2.45, 2.75) is 38.6 Å². The first-order valence-corrected chi connectivity index (χ1v) is 7.23. The number of anilines is 1. The average molecular weight is 311 g/mol. The number of hydrogen-bond donors (Lipinski definition) is 2. The molecule has 1 aromatic carbocycles. The first-order valence-electron chi connectivity index (χ1n) is 6.44. The van der Waals surface area contributed by atoms with E-state index in [1.807, 2.05) is 6.07 Å². The Morgan fingerprint density at radius 2 is 2.11 bits per heavy atom. The minimum Gasteiger partial charge on any atom is -0.398 e. The maximum Gasteiger partial charge on any atom is 0.251 e. The van der Waals surface area contributed by atoms with Gasteiger partial charge in [-0.3, -0.25) is 4.79 Å². The Morgan fingerprint density at radius 3 is 2.78 bits per heavy atom. The fourth-order valence-corrected chi connectivity index (χ4v) is 2.71. The third-order valence-corrected chi connectivity index (χ3v) is 4.41. The molecule has 3 nitrogen and oxygen atoms in total. The second-order valence-corrected chi connectivity index (χ2v) is 5.93. The Morgan fingerprint density at radius 1 is 1.39 bits per heavy atom. The van der Waals surface area contributed by atoms with Crippen LogP contribution in [0.3, 0.4) is 0 Å². The van der Waals surface area contributed by atoms with Crippen LogP contribution in [0.2, 0.25) is 0 Å². The summed E-state index contributed by atoms with van der Waals surface area (Å²) in [5.74, 6) is 0.545. The van der Waals surface area contributed by atoms with Gasteiger partial charge in [0.05, 0.1) is 0 Å². The minimum absolute atomic E-state index is 0.0204. The van der Waals surface area contributed by atoms with Gasteiger partial charge in [0.15, 0.2) is 0 Å². The van der Waals surface area contributed by atoms with Gasteiger partial charge in [0.25, 0.3) is 5.91 Å². The van der Waals surface area contributed by atoms with Crippen molar-refractivity contribution >= 4 is 27.5 Å². The molecular formula is C14H19BrN2O. The molecule has 1 aromatic rings. The number of nitrogens with one attached hydrogen (secondary N) is 1. The Bertz CT molecular complexity index is 447. The molecule has 0 aromatic heterocycles. The van der Waals surface area contributed by atoms with Crippen molar-refractivity contribution in [2.75, 3.05) is 5.73 Å². The van der Waals surface area contributed by atoms with E-state index in [4.69, 9.17) is 5.73 Å². The molecule has 18 heavy (non-hydrogen) atoms. The van der Waals surface area contributed by atoms with E-state index in [1.165, 1.54) is 19.3 Å². The fourth-order valence-electron chi connectivity index (χ4n) is 2.47. The molecule has 1 amide bonds. The van der Waals surface area contributed by atoms with Gasteiger partial charge in [-0.2, -0.15) is 0 Å². The van der Waals surface area contributed by atoms with Gasteiger partial charge in [-0.05, 0) is 52.9 Å². The lowest BCUT2D eigenvalue weighted by molar-refractivity contribution is 0.0910.